The maximum absolute atomic E-state index is 11.1. The van der Waals surface area contributed by atoms with E-state index in [1.807, 2.05) is 30.3 Å². The van der Waals surface area contributed by atoms with Crippen molar-refractivity contribution < 1.29 is 23.7 Å². The molecule has 5 nitrogen and oxygen atoms in total. The minimum atomic E-state index is -0.376. The van der Waals surface area contributed by atoms with Crippen LogP contribution in [0.2, 0.25) is 0 Å². The summed E-state index contributed by atoms with van der Waals surface area (Å²) in [6.45, 7) is 2.04. The summed E-state index contributed by atoms with van der Waals surface area (Å²) in [6, 6.07) is 15.1. The molecule has 124 valence electrons. The Labute approximate surface area is 140 Å². The molecule has 0 N–H and O–H groups in total. The first-order chi connectivity index (χ1) is 11.7. The molecule has 3 rings (SSSR count). The standard InChI is InChI=1S/C19H18O5/c1-13(20)24-15-8-9-16-17(10-15)22-12-18(21-2)19(16)23-11-14-6-4-3-5-7-14/h3-10H,11-12H2,1-2H3. The fraction of sp³-hybridized carbons (Fsp3) is 0.211. The fourth-order valence-corrected chi connectivity index (χ4v) is 2.44. The Bertz CT molecular complexity index is 765. The van der Waals surface area contributed by atoms with E-state index in [0.29, 0.717) is 29.6 Å². The van der Waals surface area contributed by atoms with Gasteiger partial charge in [-0.25, -0.2) is 0 Å². The zero-order chi connectivity index (χ0) is 16.9. The van der Waals surface area contributed by atoms with E-state index in [1.54, 1.807) is 25.3 Å². The van der Waals surface area contributed by atoms with Gasteiger partial charge in [0.05, 0.1) is 12.7 Å². The number of carbonyl (C=O) groups is 1. The average Bonchev–Trinajstić information content (AvgIpc) is 2.59. The molecular formula is C19H18O5. The van der Waals surface area contributed by atoms with Crippen LogP contribution in [0.4, 0.5) is 0 Å². The maximum atomic E-state index is 11.1. The second-order valence-corrected chi connectivity index (χ2v) is 5.27. The van der Waals surface area contributed by atoms with Crippen LogP contribution in [0.1, 0.15) is 18.1 Å². The topological polar surface area (TPSA) is 54.0 Å². The number of benzene rings is 2. The highest BCUT2D eigenvalue weighted by atomic mass is 16.6. The van der Waals surface area contributed by atoms with Gasteiger partial charge in [-0.2, -0.15) is 0 Å². The lowest BCUT2D eigenvalue weighted by Crippen LogP contribution is -2.14. The predicted octanol–water partition coefficient (Wildman–Crippen LogP) is 3.54. The Balaban J connectivity index is 1.86. The van der Waals surface area contributed by atoms with E-state index >= 15 is 0 Å². The molecule has 5 heteroatoms. The van der Waals surface area contributed by atoms with Crippen LogP contribution in [0.5, 0.6) is 11.5 Å². The highest BCUT2D eigenvalue weighted by Gasteiger charge is 2.23. The van der Waals surface area contributed by atoms with Crippen LogP contribution < -0.4 is 9.47 Å². The predicted molar refractivity (Wildman–Crippen MR) is 88.4 cm³/mol. The summed E-state index contributed by atoms with van der Waals surface area (Å²) >= 11 is 0. The highest BCUT2D eigenvalue weighted by molar-refractivity contribution is 5.73. The van der Waals surface area contributed by atoms with Gasteiger partial charge in [0.2, 0.25) is 0 Å². The van der Waals surface area contributed by atoms with Crippen LogP contribution in [-0.2, 0) is 20.9 Å². The van der Waals surface area contributed by atoms with Gasteiger partial charge in [0, 0.05) is 13.0 Å². The molecule has 2 aromatic carbocycles. The summed E-state index contributed by atoms with van der Waals surface area (Å²) in [4.78, 5) is 11.1. The largest absolute Gasteiger partial charge is 0.494 e. The Hall–Kier alpha value is -2.95. The van der Waals surface area contributed by atoms with Crippen molar-refractivity contribution in [3.8, 4) is 11.5 Å². The lowest BCUT2D eigenvalue weighted by atomic mass is 10.1. The monoisotopic (exact) mass is 326 g/mol. The molecule has 0 fully saturated rings. The van der Waals surface area contributed by atoms with E-state index in [1.165, 1.54) is 6.92 Å². The van der Waals surface area contributed by atoms with E-state index in [-0.39, 0.29) is 12.6 Å². The molecule has 1 heterocycles. The van der Waals surface area contributed by atoms with Crippen molar-refractivity contribution in [1.82, 2.24) is 0 Å². The van der Waals surface area contributed by atoms with Crippen molar-refractivity contribution >= 4 is 11.7 Å². The Morgan fingerprint density at radius 2 is 1.96 bits per heavy atom. The van der Waals surface area contributed by atoms with Crippen molar-refractivity contribution in [3.05, 3.63) is 65.4 Å². The van der Waals surface area contributed by atoms with Gasteiger partial charge in [0.1, 0.15) is 24.7 Å². The molecule has 0 aliphatic carbocycles. The van der Waals surface area contributed by atoms with E-state index in [0.717, 1.165) is 11.1 Å². The summed E-state index contributed by atoms with van der Waals surface area (Å²) in [7, 11) is 1.59. The third kappa shape index (κ3) is 3.51. The molecule has 0 atom stereocenters. The van der Waals surface area contributed by atoms with Gasteiger partial charge in [-0.15, -0.1) is 0 Å². The first-order valence-electron chi connectivity index (χ1n) is 7.57. The van der Waals surface area contributed by atoms with E-state index in [4.69, 9.17) is 18.9 Å². The third-order valence-electron chi connectivity index (χ3n) is 3.54. The lowest BCUT2D eigenvalue weighted by molar-refractivity contribution is -0.131. The maximum Gasteiger partial charge on any atom is 0.308 e. The molecule has 1 aliphatic heterocycles. The Kier molecular flexibility index (Phi) is 4.70. The highest BCUT2D eigenvalue weighted by Crippen LogP contribution is 2.37. The van der Waals surface area contributed by atoms with E-state index in [2.05, 4.69) is 0 Å². The minimum absolute atomic E-state index is 0.261. The van der Waals surface area contributed by atoms with Crippen LogP contribution >= 0.6 is 0 Å². The molecular weight excluding hydrogens is 308 g/mol. The molecule has 0 bridgehead atoms. The second kappa shape index (κ2) is 7.08. The summed E-state index contributed by atoms with van der Waals surface area (Å²) in [5.41, 5.74) is 1.83. The van der Waals surface area contributed by atoms with Crippen LogP contribution in [0.15, 0.2) is 54.3 Å². The summed E-state index contributed by atoms with van der Waals surface area (Å²) < 4.78 is 22.1. The van der Waals surface area contributed by atoms with Gasteiger partial charge in [-0.3, -0.25) is 4.79 Å². The van der Waals surface area contributed by atoms with Gasteiger partial charge >= 0.3 is 5.97 Å². The van der Waals surface area contributed by atoms with Crippen LogP contribution in [0.3, 0.4) is 0 Å². The molecule has 0 amide bonds. The first kappa shape index (κ1) is 15.9. The van der Waals surface area contributed by atoms with Crippen molar-refractivity contribution in [1.29, 1.82) is 0 Å². The number of hydrogen-bond acceptors (Lipinski definition) is 5. The SMILES string of the molecule is COC1=C(OCc2ccccc2)c2ccc(OC(C)=O)cc2OC1. The number of rotatable bonds is 5. The zero-order valence-electron chi connectivity index (χ0n) is 13.6. The summed E-state index contributed by atoms with van der Waals surface area (Å²) in [6.07, 6.45) is 0. The van der Waals surface area contributed by atoms with E-state index in [9.17, 15) is 4.79 Å². The number of hydrogen-bond donors (Lipinski definition) is 0. The normalized spacial score (nSPS) is 12.9. The number of ether oxygens (including phenoxy) is 4. The number of fused-ring (bicyclic) bond motifs is 1. The first-order valence-corrected chi connectivity index (χ1v) is 7.57. The molecule has 1 aliphatic rings. The Morgan fingerprint density at radius 3 is 2.67 bits per heavy atom. The summed E-state index contributed by atoms with van der Waals surface area (Å²) in [5, 5.41) is 0. The number of carbonyl (C=O) groups excluding carboxylic acids is 1. The van der Waals surface area contributed by atoms with Crippen LogP contribution in [-0.4, -0.2) is 19.7 Å². The molecule has 2 aromatic rings. The molecule has 0 spiro atoms. The third-order valence-corrected chi connectivity index (χ3v) is 3.54. The molecule has 0 unspecified atom stereocenters. The van der Waals surface area contributed by atoms with Crippen molar-refractivity contribution in [2.24, 2.45) is 0 Å². The fourth-order valence-electron chi connectivity index (χ4n) is 2.44. The molecule has 24 heavy (non-hydrogen) atoms. The van der Waals surface area contributed by atoms with Gasteiger partial charge in [0.25, 0.3) is 0 Å². The van der Waals surface area contributed by atoms with Crippen molar-refractivity contribution in [2.75, 3.05) is 13.7 Å². The lowest BCUT2D eigenvalue weighted by Gasteiger charge is -2.23. The summed E-state index contributed by atoms with van der Waals surface area (Å²) in [5.74, 6) is 1.91. The van der Waals surface area contributed by atoms with Gasteiger partial charge in [-0.05, 0) is 17.7 Å². The van der Waals surface area contributed by atoms with Crippen molar-refractivity contribution in [3.63, 3.8) is 0 Å². The molecule has 0 saturated carbocycles. The quantitative estimate of drug-likeness (QED) is 0.621. The molecule has 0 radical (unpaired) electrons. The van der Waals surface area contributed by atoms with Crippen molar-refractivity contribution in [2.45, 2.75) is 13.5 Å². The second-order valence-electron chi connectivity index (χ2n) is 5.27. The Morgan fingerprint density at radius 1 is 1.17 bits per heavy atom. The minimum Gasteiger partial charge on any atom is -0.494 e. The zero-order valence-corrected chi connectivity index (χ0v) is 13.6. The molecule has 0 saturated heterocycles. The van der Waals surface area contributed by atoms with Crippen LogP contribution in [0.25, 0.3) is 5.76 Å². The smallest absolute Gasteiger partial charge is 0.308 e. The number of esters is 1. The average molecular weight is 326 g/mol. The molecule has 0 aromatic heterocycles. The number of methoxy groups -OCH3 is 1. The van der Waals surface area contributed by atoms with Gasteiger partial charge < -0.3 is 18.9 Å². The van der Waals surface area contributed by atoms with Gasteiger partial charge in [-0.1, -0.05) is 30.3 Å². The van der Waals surface area contributed by atoms with Gasteiger partial charge in [0.15, 0.2) is 11.5 Å². The van der Waals surface area contributed by atoms with Crippen LogP contribution in [0, 0.1) is 0 Å². The van der Waals surface area contributed by atoms with E-state index < -0.39 is 0 Å².